The molecule has 0 radical (unpaired) electrons. The first-order valence-corrected chi connectivity index (χ1v) is 10.2. The van der Waals surface area contributed by atoms with E-state index in [0.29, 0.717) is 6.42 Å². The van der Waals surface area contributed by atoms with Crippen LogP contribution in [0.4, 0.5) is 17.1 Å². The van der Waals surface area contributed by atoms with Crippen LogP contribution in [0.25, 0.3) is 11.1 Å². The Labute approximate surface area is 176 Å². The van der Waals surface area contributed by atoms with E-state index in [9.17, 15) is 9.59 Å². The maximum Gasteiger partial charge on any atom is 0.246 e. The Balaban J connectivity index is 1.42. The molecular formula is C25H25N3O2. The number of hydrogen-bond acceptors (Lipinski definition) is 3. The molecule has 4 rings (SSSR count). The van der Waals surface area contributed by atoms with Gasteiger partial charge >= 0.3 is 0 Å². The van der Waals surface area contributed by atoms with Crippen LogP contribution in [0.15, 0.2) is 78.9 Å². The molecule has 5 nitrogen and oxygen atoms in total. The predicted molar refractivity (Wildman–Crippen MR) is 122 cm³/mol. The Bertz CT molecular complexity index is 1030. The van der Waals surface area contributed by atoms with Gasteiger partial charge in [-0.05, 0) is 49.2 Å². The first kappa shape index (κ1) is 19.7. The Hall–Kier alpha value is -3.60. The maximum absolute atomic E-state index is 12.8. The van der Waals surface area contributed by atoms with Crippen molar-refractivity contribution in [3.8, 4) is 11.1 Å². The van der Waals surface area contributed by atoms with Gasteiger partial charge in [0.05, 0.1) is 0 Å². The minimum atomic E-state index is -0.423. The number of benzene rings is 3. The molecule has 30 heavy (non-hydrogen) atoms. The fourth-order valence-corrected chi connectivity index (χ4v) is 3.68. The third kappa shape index (κ3) is 4.35. The molecule has 2 N–H and O–H groups in total. The van der Waals surface area contributed by atoms with Gasteiger partial charge in [-0.25, -0.2) is 0 Å². The SMILES string of the molecule is C[C@@H](Nc1ccc(N2CCCC2=O)cc1)C(=O)Nc1ccccc1-c1ccccc1. The van der Waals surface area contributed by atoms with Gasteiger partial charge in [-0.3, -0.25) is 9.59 Å². The van der Waals surface area contributed by atoms with Crippen LogP contribution in [0.3, 0.4) is 0 Å². The van der Waals surface area contributed by atoms with E-state index in [2.05, 4.69) is 10.6 Å². The van der Waals surface area contributed by atoms with Gasteiger partial charge in [0.25, 0.3) is 0 Å². The number of hydrogen-bond donors (Lipinski definition) is 2. The lowest BCUT2D eigenvalue weighted by molar-refractivity contribution is -0.117. The summed E-state index contributed by atoms with van der Waals surface area (Å²) in [5.41, 5.74) is 4.56. The zero-order chi connectivity index (χ0) is 20.9. The molecule has 1 atom stereocenters. The van der Waals surface area contributed by atoms with Gasteiger partial charge in [-0.15, -0.1) is 0 Å². The van der Waals surface area contributed by atoms with E-state index in [-0.39, 0.29) is 11.8 Å². The van der Waals surface area contributed by atoms with Gasteiger partial charge in [0, 0.05) is 35.6 Å². The lowest BCUT2D eigenvalue weighted by atomic mass is 10.0. The average Bonchev–Trinajstić information content (AvgIpc) is 3.21. The van der Waals surface area contributed by atoms with Crippen molar-refractivity contribution in [1.29, 1.82) is 0 Å². The molecule has 1 heterocycles. The van der Waals surface area contributed by atoms with E-state index >= 15 is 0 Å². The number of nitrogens with one attached hydrogen (secondary N) is 2. The van der Waals surface area contributed by atoms with Crippen LogP contribution in [-0.2, 0) is 9.59 Å². The third-order valence-corrected chi connectivity index (χ3v) is 5.30. The Morgan fingerprint density at radius 3 is 2.33 bits per heavy atom. The van der Waals surface area contributed by atoms with E-state index in [1.54, 1.807) is 4.90 Å². The summed E-state index contributed by atoms with van der Waals surface area (Å²) < 4.78 is 0. The van der Waals surface area contributed by atoms with Crippen LogP contribution in [0, 0.1) is 0 Å². The minimum absolute atomic E-state index is 0.114. The molecule has 1 aliphatic heterocycles. The van der Waals surface area contributed by atoms with Crippen molar-refractivity contribution >= 4 is 28.9 Å². The van der Waals surface area contributed by atoms with Crippen molar-refractivity contribution in [2.24, 2.45) is 0 Å². The van der Waals surface area contributed by atoms with E-state index in [0.717, 1.165) is 41.2 Å². The summed E-state index contributed by atoms with van der Waals surface area (Å²) in [6.07, 6.45) is 1.52. The number of rotatable bonds is 6. The fraction of sp³-hybridized carbons (Fsp3) is 0.200. The summed E-state index contributed by atoms with van der Waals surface area (Å²) in [5, 5.41) is 6.27. The number of carbonyl (C=O) groups excluding carboxylic acids is 2. The zero-order valence-electron chi connectivity index (χ0n) is 17.0. The largest absolute Gasteiger partial charge is 0.374 e. The molecule has 5 heteroatoms. The maximum atomic E-state index is 12.8. The van der Waals surface area contributed by atoms with Gasteiger partial charge in [-0.1, -0.05) is 48.5 Å². The summed E-state index contributed by atoms with van der Waals surface area (Å²) in [4.78, 5) is 26.5. The summed E-state index contributed by atoms with van der Waals surface area (Å²) in [6.45, 7) is 2.60. The highest BCUT2D eigenvalue weighted by Gasteiger charge is 2.21. The summed E-state index contributed by atoms with van der Waals surface area (Å²) in [6, 6.07) is 25.0. The monoisotopic (exact) mass is 399 g/mol. The standard InChI is InChI=1S/C25H25N3O2/c1-18(26-20-13-15-21(16-14-20)28-17-7-12-24(28)29)25(30)27-23-11-6-5-10-22(23)19-8-3-2-4-9-19/h2-6,8-11,13-16,18,26H,7,12,17H2,1H3,(H,27,30)/t18-/m1/s1. The molecule has 0 aliphatic carbocycles. The van der Waals surface area contributed by atoms with Crippen molar-refractivity contribution in [2.75, 3.05) is 22.1 Å². The van der Waals surface area contributed by atoms with E-state index < -0.39 is 6.04 Å². The molecule has 3 aromatic rings. The van der Waals surface area contributed by atoms with Crippen LogP contribution in [0.5, 0.6) is 0 Å². The molecule has 0 aromatic heterocycles. The van der Waals surface area contributed by atoms with Crippen LogP contribution in [-0.4, -0.2) is 24.4 Å². The molecular weight excluding hydrogens is 374 g/mol. The molecule has 0 unspecified atom stereocenters. The lowest BCUT2D eigenvalue weighted by Crippen LogP contribution is -2.32. The second kappa shape index (κ2) is 8.82. The lowest BCUT2D eigenvalue weighted by Gasteiger charge is -2.19. The highest BCUT2D eigenvalue weighted by molar-refractivity contribution is 5.99. The minimum Gasteiger partial charge on any atom is -0.374 e. The van der Waals surface area contributed by atoms with Crippen molar-refractivity contribution in [1.82, 2.24) is 0 Å². The predicted octanol–water partition coefficient (Wildman–Crippen LogP) is 4.92. The Morgan fingerprint density at radius 1 is 0.933 bits per heavy atom. The molecule has 0 saturated carbocycles. The van der Waals surface area contributed by atoms with E-state index in [4.69, 9.17) is 0 Å². The van der Waals surface area contributed by atoms with E-state index in [1.165, 1.54) is 0 Å². The summed E-state index contributed by atoms with van der Waals surface area (Å²) in [7, 11) is 0. The quantitative estimate of drug-likeness (QED) is 0.618. The average molecular weight is 399 g/mol. The van der Waals surface area contributed by atoms with Gasteiger partial charge in [0.1, 0.15) is 6.04 Å². The van der Waals surface area contributed by atoms with Crippen LogP contribution in [0.2, 0.25) is 0 Å². The third-order valence-electron chi connectivity index (χ3n) is 5.30. The number of amides is 2. The summed E-state index contributed by atoms with van der Waals surface area (Å²) >= 11 is 0. The van der Waals surface area contributed by atoms with Crippen molar-refractivity contribution in [3.05, 3.63) is 78.9 Å². The van der Waals surface area contributed by atoms with Gasteiger partial charge < -0.3 is 15.5 Å². The Morgan fingerprint density at radius 2 is 1.63 bits per heavy atom. The van der Waals surface area contributed by atoms with Crippen molar-refractivity contribution in [3.63, 3.8) is 0 Å². The number of nitrogens with zero attached hydrogens (tertiary/aromatic N) is 1. The highest BCUT2D eigenvalue weighted by atomic mass is 16.2. The normalized spacial score (nSPS) is 14.4. The first-order chi connectivity index (χ1) is 14.6. The molecule has 1 saturated heterocycles. The number of anilines is 3. The second-order valence-electron chi connectivity index (χ2n) is 7.46. The fourth-order valence-electron chi connectivity index (χ4n) is 3.68. The van der Waals surface area contributed by atoms with Crippen molar-refractivity contribution < 1.29 is 9.59 Å². The topological polar surface area (TPSA) is 61.4 Å². The van der Waals surface area contributed by atoms with Gasteiger partial charge in [0.2, 0.25) is 11.8 Å². The molecule has 152 valence electrons. The molecule has 0 spiro atoms. The van der Waals surface area contributed by atoms with Gasteiger partial charge in [-0.2, -0.15) is 0 Å². The molecule has 3 aromatic carbocycles. The van der Waals surface area contributed by atoms with Crippen molar-refractivity contribution in [2.45, 2.75) is 25.8 Å². The smallest absolute Gasteiger partial charge is 0.246 e. The highest BCUT2D eigenvalue weighted by Crippen LogP contribution is 2.28. The second-order valence-corrected chi connectivity index (χ2v) is 7.46. The van der Waals surface area contributed by atoms with Crippen LogP contribution >= 0.6 is 0 Å². The van der Waals surface area contributed by atoms with Gasteiger partial charge in [0.15, 0.2) is 0 Å². The molecule has 1 aliphatic rings. The molecule has 0 bridgehead atoms. The zero-order valence-corrected chi connectivity index (χ0v) is 17.0. The molecule has 2 amide bonds. The number of carbonyl (C=O) groups is 2. The summed E-state index contributed by atoms with van der Waals surface area (Å²) in [5.74, 6) is 0.0534. The van der Waals surface area contributed by atoms with E-state index in [1.807, 2.05) is 85.8 Å². The number of para-hydroxylation sites is 1. The molecule has 1 fully saturated rings. The van der Waals surface area contributed by atoms with Crippen LogP contribution < -0.4 is 15.5 Å². The van der Waals surface area contributed by atoms with Crippen LogP contribution in [0.1, 0.15) is 19.8 Å². The first-order valence-electron chi connectivity index (χ1n) is 10.2. The Kier molecular flexibility index (Phi) is 5.80.